The predicted octanol–water partition coefficient (Wildman–Crippen LogP) is 4.58. The van der Waals surface area contributed by atoms with Gasteiger partial charge in [-0.15, -0.1) is 0 Å². The summed E-state index contributed by atoms with van der Waals surface area (Å²) in [5.74, 6) is 0. The SMILES string of the molecule is C[CH]CCCC(CC)Nc1ccc(C)cc1. The highest BCUT2D eigenvalue weighted by molar-refractivity contribution is 5.45. The van der Waals surface area contributed by atoms with Crippen molar-refractivity contribution >= 4 is 5.69 Å². The molecule has 0 amide bonds. The van der Waals surface area contributed by atoms with Gasteiger partial charge in [0, 0.05) is 11.7 Å². The van der Waals surface area contributed by atoms with Crippen molar-refractivity contribution in [1.82, 2.24) is 0 Å². The Morgan fingerprint density at radius 2 is 1.94 bits per heavy atom. The van der Waals surface area contributed by atoms with Crippen LogP contribution in [0.4, 0.5) is 5.69 Å². The molecule has 1 rings (SSSR count). The fourth-order valence-electron chi connectivity index (χ4n) is 1.83. The molecule has 1 radical (unpaired) electrons. The van der Waals surface area contributed by atoms with Crippen LogP contribution in [0.1, 0.15) is 45.1 Å². The molecule has 0 aliphatic carbocycles. The smallest absolute Gasteiger partial charge is 0.0342 e. The van der Waals surface area contributed by atoms with Crippen molar-refractivity contribution in [3.63, 3.8) is 0 Å². The molecule has 0 saturated carbocycles. The van der Waals surface area contributed by atoms with Gasteiger partial charge in [-0.25, -0.2) is 0 Å². The molecule has 0 aliphatic heterocycles. The molecular weight excluding hydrogens is 194 g/mol. The minimum absolute atomic E-state index is 0.614. The van der Waals surface area contributed by atoms with Gasteiger partial charge in [-0.2, -0.15) is 0 Å². The Hall–Kier alpha value is -0.980. The average Bonchev–Trinajstić information content (AvgIpc) is 2.31. The van der Waals surface area contributed by atoms with Crippen LogP contribution in [0, 0.1) is 13.3 Å². The number of anilines is 1. The van der Waals surface area contributed by atoms with Gasteiger partial charge in [0.05, 0.1) is 0 Å². The topological polar surface area (TPSA) is 12.0 Å². The third-order valence-corrected chi connectivity index (χ3v) is 2.96. The number of aryl methyl sites for hydroxylation is 1. The van der Waals surface area contributed by atoms with Gasteiger partial charge in [0.2, 0.25) is 0 Å². The summed E-state index contributed by atoms with van der Waals surface area (Å²) in [6.45, 7) is 6.51. The lowest BCUT2D eigenvalue weighted by Crippen LogP contribution is -2.18. The molecular formula is C15H24N. The maximum atomic E-state index is 3.60. The Bertz CT molecular complexity index is 276. The summed E-state index contributed by atoms with van der Waals surface area (Å²) < 4.78 is 0. The zero-order valence-electron chi connectivity index (χ0n) is 10.8. The number of hydrogen-bond acceptors (Lipinski definition) is 1. The Labute approximate surface area is 100 Å². The van der Waals surface area contributed by atoms with Crippen molar-refractivity contribution in [2.24, 2.45) is 0 Å². The van der Waals surface area contributed by atoms with Gasteiger partial charge < -0.3 is 5.32 Å². The fourth-order valence-corrected chi connectivity index (χ4v) is 1.83. The molecule has 1 nitrogen and oxygen atoms in total. The number of hydrogen-bond donors (Lipinski definition) is 1. The molecule has 0 heterocycles. The minimum atomic E-state index is 0.614. The van der Waals surface area contributed by atoms with E-state index in [4.69, 9.17) is 0 Å². The Morgan fingerprint density at radius 3 is 2.50 bits per heavy atom. The highest BCUT2D eigenvalue weighted by Crippen LogP contribution is 2.14. The van der Waals surface area contributed by atoms with Gasteiger partial charge in [-0.05, 0) is 38.3 Å². The van der Waals surface area contributed by atoms with Crippen molar-refractivity contribution in [1.29, 1.82) is 0 Å². The monoisotopic (exact) mass is 218 g/mol. The second kappa shape index (κ2) is 7.32. The average molecular weight is 218 g/mol. The van der Waals surface area contributed by atoms with Gasteiger partial charge in [-0.1, -0.05) is 44.4 Å². The highest BCUT2D eigenvalue weighted by atomic mass is 14.9. The summed E-state index contributed by atoms with van der Waals surface area (Å²) in [5, 5.41) is 3.60. The summed E-state index contributed by atoms with van der Waals surface area (Å²) in [5.41, 5.74) is 2.57. The van der Waals surface area contributed by atoms with Crippen molar-refractivity contribution in [2.45, 2.75) is 52.5 Å². The number of benzene rings is 1. The summed E-state index contributed by atoms with van der Waals surface area (Å²) in [4.78, 5) is 0. The zero-order chi connectivity index (χ0) is 11.8. The van der Waals surface area contributed by atoms with E-state index in [1.807, 2.05) is 0 Å². The predicted molar refractivity (Wildman–Crippen MR) is 72.7 cm³/mol. The quantitative estimate of drug-likeness (QED) is 0.660. The van der Waals surface area contributed by atoms with E-state index in [0.717, 1.165) is 0 Å². The molecule has 0 aliphatic rings. The fraction of sp³-hybridized carbons (Fsp3) is 0.533. The summed E-state index contributed by atoms with van der Waals surface area (Å²) >= 11 is 0. The van der Waals surface area contributed by atoms with Gasteiger partial charge >= 0.3 is 0 Å². The van der Waals surface area contributed by atoms with E-state index in [-0.39, 0.29) is 0 Å². The lowest BCUT2D eigenvalue weighted by Gasteiger charge is -2.18. The third-order valence-electron chi connectivity index (χ3n) is 2.96. The first kappa shape index (κ1) is 13.1. The molecule has 0 fully saturated rings. The van der Waals surface area contributed by atoms with Gasteiger partial charge in [0.25, 0.3) is 0 Å². The molecule has 89 valence electrons. The van der Waals surface area contributed by atoms with Crippen LogP contribution in [0.3, 0.4) is 0 Å². The van der Waals surface area contributed by atoms with Crippen LogP contribution in [0.2, 0.25) is 0 Å². The van der Waals surface area contributed by atoms with Gasteiger partial charge in [0.15, 0.2) is 0 Å². The molecule has 16 heavy (non-hydrogen) atoms. The first-order chi connectivity index (χ1) is 7.76. The Kier molecular flexibility index (Phi) is 5.99. The van der Waals surface area contributed by atoms with E-state index in [2.05, 4.69) is 56.8 Å². The first-order valence-corrected chi connectivity index (χ1v) is 6.37. The third kappa shape index (κ3) is 4.69. The van der Waals surface area contributed by atoms with E-state index in [1.54, 1.807) is 0 Å². The summed E-state index contributed by atoms with van der Waals surface area (Å²) in [7, 11) is 0. The van der Waals surface area contributed by atoms with Gasteiger partial charge in [-0.3, -0.25) is 0 Å². The van der Waals surface area contributed by atoms with E-state index in [1.165, 1.54) is 36.9 Å². The van der Waals surface area contributed by atoms with Crippen LogP contribution in [-0.2, 0) is 0 Å². The van der Waals surface area contributed by atoms with Crippen LogP contribution in [0.25, 0.3) is 0 Å². The summed E-state index contributed by atoms with van der Waals surface area (Å²) in [6, 6.07) is 9.28. The van der Waals surface area contributed by atoms with Crippen molar-refractivity contribution in [3.05, 3.63) is 36.2 Å². The zero-order valence-corrected chi connectivity index (χ0v) is 10.8. The van der Waals surface area contributed by atoms with Crippen LogP contribution >= 0.6 is 0 Å². The lowest BCUT2D eigenvalue weighted by atomic mass is 10.1. The second-order valence-electron chi connectivity index (χ2n) is 4.45. The van der Waals surface area contributed by atoms with Crippen LogP contribution < -0.4 is 5.32 Å². The van der Waals surface area contributed by atoms with Crippen LogP contribution in [0.15, 0.2) is 24.3 Å². The maximum Gasteiger partial charge on any atom is 0.0342 e. The van der Waals surface area contributed by atoms with Crippen molar-refractivity contribution in [3.8, 4) is 0 Å². The molecule has 1 N–H and O–H groups in total. The summed E-state index contributed by atoms with van der Waals surface area (Å²) in [6.07, 6.45) is 7.21. The van der Waals surface area contributed by atoms with Crippen LogP contribution in [0.5, 0.6) is 0 Å². The molecule has 1 unspecified atom stereocenters. The Morgan fingerprint density at radius 1 is 1.25 bits per heavy atom. The number of nitrogens with one attached hydrogen (secondary N) is 1. The van der Waals surface area contributed by atoms with Crippen molar-refractivity contribution in [2.75, 3.05) is 5.32 Å². The lowest BCUT2D eigenvalue weighted by molar-refractivity contribution is 0.598. The molecule has 1 atom stereocenters. The molecule has 1 heteroatoms. The standard InChI is InChI=1S/C15H24N/c1-4-6-7-8-14(5-2)16-15-11-9-13(3)10-12-15/h4,9-12,14,16H,5-8H2,1-3H3. The van der Waals surface area contributed by atoms with Gasteiger partial charge in [0.1, 0.15) is 0 Å². The molecule has 0 aromatic heterocycles. The highest BCUT2D eigenvalue weighted by Gasteiger charge is 2.05. The Balaban J connectivity index is 2.40. The normalized spacial score (nSPS) is 12.4. The molecule has 1 aromatic rings. The van der Waals surface area contributed by atoms with E-state index >= 15 is 0 Å². The molecule has 0 bridgehead atoms. The van der Waals surface area contributed by atoms with E-state index < -0.39 is 0 Å². The maximum absolute atomic E-state index is 3.60. The van der Waals surface area contributed by atoms with E-state index in [0.29, 0.717) is 6.04 Å². The van der Waals surface area contributed by atoms with Crippen LogP contribution in [-0.4, -0.2) is 6.04 Å². The second-order valence-corrected chi connectivity index (χ2v) is 4.45. The van der Waals surface area contributed by atoms with Crippen molar-refractivity contribution < 1.29 is 0 Å². The largest absolute Gasteiger partial charge is 0.382 e. The first-order valence-electron chi connectivity index (χ1n) is 6.37. The van der Waals surface area contributed by atoms with E-state index in [9.17, 15) is 0 Å². The minimum Gasteiger partial charge on any atom is -0.382 e. The number of unbranched alkanes of at least 4 members (excludes halogenated alkanes) is 2. The molecule has 1 aromatic carbocycles. The number of rotatable bonds is 7. The molecule has 0 spiro atoms. The molecule has 0 saturated heterocycles.